The lowest BCUT2D eigenvalue weighted by molar-refractivity contribution is -0.873. The van der Waals surface area contributed by atoms with Crippen LogP contribution in [-0.2, 0) is 14.3 Å². The second-order valence-corrected chi connectivity index (χ2v) is 5.18. The molecule has 6 heteroatoms. The molecule has 0 aliphatic heterocycles. The molecular formula is C12H24ClNO4. The molecule has 0 heterocycles. The molecule has 0 aliphatic carbocycles. The van der Waals surface area contributed by atoms with Gasteiger partial charge in [-0.05, 0) is 5.92 Å². The number of nitrogens with zero attached hydrogens (tertiary/aromatic N) is 1. The molecule has 0 saturated carbocycles. The summed E-state index contributed by atoms with van der Waals surface area (Å²) in [4.78, 5) is 22.4. The minimum atomic E-state index is -2.30. The van der Waals surface area contributed by atoms with Gasteiger partial charge >= 0.3 is 11.9 Å². The Labute approximate surface area is 119 Å². The highest BCUT2D eigenvalue weighted by Crippen LogP contribution is 2.09. The minimum absolute atomic E-state index is 0. The molecule has 1 N–H and O–H groups in total. The maximum Gasteiger partial charge on any atom is 0.307 e. The number of carboxylic acids is 1. The van der Waals surface area contributed by atoms with Crippen LogP contribution in [0.1, 0.15) is 30.8 Å². The van der Waals surface area contributed by atoms with Crippen LogP contribution in [0.15, 0.2) is 0 Å². The predicted molar refractivity (Wildman–Crippen MR) is 64.5 cm³/mol. The van der Waals surface area contributed by atoms with Gasteiger partial charge in [-0.15, -0.1) is 0 Å². The number of halogens is 1. The molecular weight excluding hydrogens is 258 g/mol. The van der Waals surface area contributed by atoms with E-state index in [2.05, 4.69) is 0 Å². The van der Waals surface area contributed by atoms with E-state index in [0.717, 1.165) is 0 Å². The average Bonchev–Trinajstić information content (AvgIpc) is 2.10. The van der Waals surface area contributed by atoms with Crippen molar-refractivity contribution in [3.05, 3.63) is 0 Å². The SMILES string of the molecule is [2H]C([2H])([2H])[N+](C)(C)C[C@@H](CC(=O)O)OC(=O)CC(C)C.[Cl-]. The molecule has 1 atom stereocenters. The summed E-state index contributed by atoms with van der Waals surface area (Å²) in [5.74, 6) is -1.53. The van der Waals surface area contributed by atoms with Gasteiger partial charge in [0.05, 0.1) is 31.6 Å². The Hall–Kier alpha value is -0.810. The van der Waals surface area contributed by atoms with E-state index in [1.807, 2.05) is 13.8 Å². The number of rotatable bonds is 7. The van der Waals surface area contributed by atoms with E-state index in [0.29, 0.717) is 0 Å². The summed E-state index contributed by atoms with van der Waals surface area (Å²) in [6.07, 6.45) is -1.17. The highest BCUT2D eigenvalue weighted by Gasteiger charge is 2.24. The fraction of sp³-hybridized carbons (Fsp3) is 0.833. The fourth-order valence-electron chi connectivity index (χ4n) is 1.41. The van der Waals surface area contributed by atoms with Crippen LogP contribution in [0.2, 0.25) is 0 Å². The summed E-state index contributed by atoms with van der Waals surface area (Å²) >= 11 is 0. The zero-order chi connectivity index (χ0) is 16.1. The van der Waals surface area contributed by atoms with E-state index in [4.69, 9.17) is 14.0 Å². The number of carbonyl (C=O) groups is 2. The van der Waals surface area contributed by atoms with Crippen LogP contribution in [0, 0.1) is 5.92 Å². The molecule has 0 aliphatic rings. The first-order valence-corrected chi connectivity index (χ1v) is 5.59. The molecule has 0 aromatic rings. The number of likely N-dealkylation sites (N-methyl/N-ethyl adjacent to an activating group) is 1. The zero-order valence-electron chi connectivity index (χ0n) is 14.3. The van der Waals surface area contributed by atoms with Crippen LogP contribution in [0.4, 0.5) is 0 Å². The molecule has 0 aromatic heterocycles. The molecule has 0 amide bonds. The van der Waals surface area contributed by atoms with Crippen LogP contribution in [0.5, 0.6) is 0 Å². The topological polar surface area (TPSA) is 63.6 Å². The Bertz CT molecular complexity index is 359. The Morgan fingerprint density at radius 3 is 2.28 bits per heavy atom. The van der Waals surface area contributed by atoms with Crippen molar-refractivity contribution in [1.29, 1.82) is 0 Å². The largest absolute Gasteiger partial charge is 1.00 e. The standard InChI is InChI=1S/C12H23NO4.ClH/c1-9(2)6-12(16)17-10(7-11(14)15)8-13(3,4)5;/h9-10H,6-8H2,1-5H3;1H/t10-;/m1./s1/i3D3;. The highest BCUT2D eigenvalue weighted by molar-refractivity contribution is 5.71. The van der Waals surface area contributed by atoms with Gasteiger partial charge in [-0.2, -0.15) is 0 Å². The third kappa shape index (κ3) is 11.7. The van der Waals surface area contributed by atoms with Crippen LogP contribution in [-0.4, -0.2) is 55.2 Å². The van der Waals surface area contributed by atoms with Crippen molar-refractivity contribution in [3.63, 3.8) is 0 Å². The lowest BCUT2D eigenvalue weighted by atomic mass is 10.1. The molecule has 0 saturated heterocycles. The van der Waals surface area contributed by atoms with Crippen LogP contribution in [0.3, 0.4) is 0 Å². The second kappa shape index (κ2) is 8.32. The van der Waals surface area contributed by atoms with Gasteiger partial charge in [0, 0.05) is 6.42 Å². The van der Waals surface area contributed by atoms with Crippen molar-refractivity contribution in [2.45, 2.75) is 32.8 Å². The second-order valence-electron chi connectivity index (χ2n) is 5.18. The zero-order valence-corrected chi connectivity index (χ0v) is 12.0. The van der Waals surface area contributed by atoms with E-state index >= 15 is 0 Å². The molecule has 0 unspecified atom stereocenters. The lowest BCUT2D eigenvalue weighted by Crippen LogP contribution is -3.00. The van der Waals surface area contributed by atoms with Crippen LogP contribution < -0.4 is 12.4 Å². The van der Waals surface area contributed by atoms with Gasteiger partial charge in [0.2, 0.25) is 0 Å². The summed E-state index contributed by atoms with van der Waals surface area (Å²) in [5, 5.41) is 8.84. The minimum Gasteiger partial charge on any atom is -1.00 e. The highest BCUT2D eigenvalue weighted by atomic mass is 35.5. The molecule has 0 fully saturated rings. The molecule has 108 valence electrons. The van der Waals surface area contributed by atoms with Crippen molar-refractivity contribution in [2.75, 3.05) is 27.6 Å². The van der Waals surface area contributed by atoms with Crippen LogP contribution >= 0.6 is 0 Å². The monoisotopic (exact) mass is 284 g/mol. The van der Waals surface area contributed by atoms with Gasteiger partial charge in [-0.1, -0.05) is 13.8 Å². The average molecular weight is 285 g/mol. The number of hydrogen-bond acceptors (Lipinski definition) is 3. The molecule has 0 bridgehead atoms. The summed E-state index contributed by atoms with van der Waals surface area (Å²) in [7, 11) is 2.91. The normalized spacial score (nSPS) is 15.9. The molecule has 18 heavy (non-hydrogen) atoms. The first kappa shape index (κ1) is 13.6. The van der Waals surface area contributed by atoms with Crippen molar-refractivity contribution >= 4 is 11.9 Å². The van der Waals surface area contributed by atoms with Crippen molar-refractivity contribution < 1.29 is 40.4 Å². The van der Waals surface area contributed by atoms with E-state index in [1.54, 1.807) is 0 Å². The van der Waals surface area contributed by atoms with Gasteiger partial charge in [0.15, 0.2) is 6.10 Å². The Kier molecular flexibility index (Phi) is 6.29. The summed E-state index contributed by atoms with van der Waals surface area (Å²) in [5.41, 5.74) is 0. The van der Waals surface area contributed by atoms with Gasteiger partial charge < -0.3 is 26.7 Å². The first-order valence-electron chi connectivity index (χ1n) is 7.09. The molecule has 5 nitrogen and oxygen atoms in total. The number of aliphatic carboxylic acids is 1. The Morgan fingerprint density at radius 1 is 1.33 bits per heavy atom. The molecule has 0 radical (unpaired) electrons. The number of hydrogen-bond donors (Lipinski definition) is 1. The van der Waals surface area contributed by atoms with Gasteiger partial charge in [0.25, 0.3) is 0 Å². The number of carbonyl (C=O) groups excluding carboxylic acids is 1. The predicted octanol–water partition coefficient (Wildman–Crippen LogP) is -1.87. The number of ether oxygens (including phenoxy) is 1. The smallest absolute Gasteiger partial charge is 0.307 e. The Balaban J connectivity index is 0. The van der Waals surface area contributed by atoms with Gasteiger partial charge in [-0.25, -0.2) is 0 Å². The van der Waals surface area contributed by atoms with E-state index in [-0.39, 0.29) is 31.3 Å². The summed E-state index contributed by atoms with van der Waals surface area (Å²) in [6, 6.07) is 0. The summed E-state index contributed by atoms with van der Waals surface area (Å²) in [6.45, 7) is 1.31. The van der Waals surface area contributed by atoms with Crippen LogP contribution in [0.25, 0.3) is 0 Å². The maximum atomic E-state index is 11.6. The third-order valence-corrected chi connectivity index (χ3v) is 1.94. The fourth-order valence-corrected chi connectivity index (χ4v) is 1.41. The van der Waals surface area contributed by atoms with Gasteiger partial charge in [0.1, 0.15) is 6.54 Å². The Morgan fingerprint density at radius 2 is 1.89 bits per heavy atom. The van der Waals surface area contributed by atoms with E-state index in [1.165, 1.54) is 14.1 Å². The van der Waals surface area contributed by atoms with Crippen molar-refractivity contribution in [1.82, 2.24) is 0 Å². The molecule has 0 aromatic carbocycles. The van der Waals surface area contributed by atoms with E-state index in [9.17, 15) is 9.59 Å². The lowest BCUT2D eigenvalue weighted by Gasteiger charge is -2.28. The quantitative estimate of drug-likeness (QED) is 0.439. The number of esters is 1. The maximum absolute atomic E-state index is 11.6. The van der Waals surface area contributed by atoms with Gasteiger partial charge in [-0.3, -0.25) is 9.59 Å². The summed E-state index contributed by atoms with van der Waals surface area (Å²) < 4.78 is 27.0. The number of quaternary nitrogens is 1. The molecule has 0 rings (SSSR count). The number of carboxylic acid groups (broad SMARTS) is 1. The van der Waals surface area contributed by atoms with Crippen molar-refractivity contribution in [2.24, 2.45) is 5.92 Å². The van der Waals surface area contributed by atoms with E-state index < -0.39 is 35.9 Å². The third-order valence-electron chi connectivity index (χ3n) is 1.94. The van der Waals surface area contributed by atoms with Crippen molar-refractivity contribution in [3.8, 4) is 0 Å². The first-order chi connectivity index (χ1) is 8.85. The molecule has 0 spiro atoms.